The van der Waals surface area contributed by atoms with Crippen molar-refractivity contribution in [2.75, 3.05) is 13.7 Å². The molecule has 1 saturated heterocycles. The van der Waals surface area contributed by atoms with E-state index < -0.39 is 12.1 Å². The van der Waals surface area contributed by atoms with Crippen molar-refractivity contribution in [1.29, 1.82) is 0 Å². The standard InChI is InChI=1S/C16H20FN3O3/c1-3-20-12-6-4-5-11(17)15(12)18-14(20)9-19-8-10(21)7-13(19)16(22)23-2/h4-6,10,13,21H,3,7-9H2,1-2H3/t10-,13-/m0/s1. The molecule has 6 nitrogen and oxygen atoms in total. The first-order valence-corrected chi connectivity index (χ1v) is 7.68. The van der Waals surface area contributed by atoms with Crippen molar-refractivity contribution in [3.8, 4) is 0 Å². The summed E-state index contributed by atoms with van der Waals surface area (Å²) in [5.74, 6) is -0.0515. The molecule has 23 heavy (non-hydrogen) atoms. The maximum absolute atomic E-state index is 13.9. The van der Waals surface area contributed by atoms with Gasteiger partial charge < -0.3 is 14.4 Å². The van der Waals surface area contributed by atoms with Crippen LogP contribution in [0.1, 0.15) is 19.2 Å². The zero-order valence-electron chi connectivity index (χ0n) is 13.2. The molecular formula is C16H20FN3O3. The molecule has 124 valence electrons. The number of nitrogens with zero attached hydrogens (tertiary/aromatic N) is 3. The average molecular weight is 321 g/mol. The van der Waals surface area contributed by atoms with E-state index in [0.717, 1.165) is 5.52 Å². The number of carbonyl (C=O) groups excluding carboxylic acids is 1. The number of hydrogen-bond donors (Lipinski definition) is 1. The van der Waals surface area contributed by atoms with Gasteiger partial charge in [0.15, 0.2) is 5.82 Å². The quantitative estimate of drug-likeness (QED) is 0.860. The molecule has 1 aliphatic heterocycles. The number of para-hydroxylation sites is 1. The topological polar surface area (TPSA) is 67.6 Å². The lowest BCUT2D eigenvalue weighted by Crippen LogP contribution is -2.37. The van der Waals surface area contributed by atoms with Gasteiger partial charge >= 0.3 is 5.97 Å². The van der Waals surface area contributed by atoms with Crippen LogP contribution < -0.4 is 0 Å². The van der Waals surface area contributed by atoms with Gasteiger partial charge in [-0.25, -0.2) is 9.37 Å². The molecule has 2 aromatic rings. The summed E-state index contributed by atoms with van der Waals surface area (Å²) in [4.78, 5) is 18.1. The second-order valence-electron chi connectivity index (χ2n) is 5.74. The highest BCUT2D eigenvalue weighted by atomic mass is 19.1. The van der Waals surface area contributed by atoms with Crippen LogP contribution in [-0.2, 0) is 22.6 Å². The number of methoxy groups -OCH3 is 1. The van der Waals surface area contributed by atoms with Gasteiger partial charge in [-0.15, -0.1) is 0 Å². The molecule has 1 aromatic carbocycles. The lowest BCUT2D eigenvalue weighted by Gasteiger charge is -2.21. The average Bonchev–Trinajstić information content (AvgIpc) is 3.08. The first-order valence-electron chi connectivity index (χ1n) is 7.68. The second-order valence-corrected chi connectivity index (χ2v) is 5.74. The molecule has 0 unspecified atom stereocenters. The fourth-order valence-electron chi connectivity index (χ4n) is 3.25. The predicted octanol–water partition coefficient (Wildman–Crippen LogP) is 1.30. The maximum atomic E-state index is 13.9. The van der Waals surface area contributed by atoms with Crippen molar-refractivity contribution in [2.24, 2.45) is 0 Å². The number of rotatable bonds is 4. The number of β-amino-alcohol motifs (C(OH)–C–C–N with tert-alkyl or cyclic N) is 1. The van der Waals surface area contributed by atoms with E-state index in [4.69, 9.17) is 4.74 Å². The number of imidazole rings is 1. The Morgan fingerprint density at radius 1 is 1.52 bits per heavy atom. The molecule has 0 amide bonds. The Hall–Kier alpha value is -1.99. The molecule has 7 heteroatoms. The summed E-state index contributed by atoms with van der Waals surface area (Å²) >= 11 is 0. The Kier molecular flexibility index (Phi) is 4.32. The van der Waals surface area contributed by atoms with Gasteiger partial charge in [0.1, 0.15) is 17.4 Å². The van der Waals surface area contributed by atoms with Crippen molar-refractivity contribution in [1.82, 2.24) is 14.5 Å². The van der Waals surface area contributed by atoms with E-state index in [2.05, 4.69) is 4.98 Å². The van der Waals surface area contributed by atoms with Crippen LogP contribution in [-0.4, -0.2) is 51.3 Å². The van der Waals surface area contributed by atoms with E-state index >= 15 is 0 Å². The zero-order chi connectivity index (χ0) is 16.6. The number of benzene rings is 1. The first-order chi connectivity index (χ1) is 11.0. The van der Waals surface area contributed by atoms with E-state index in [1.807, 2.05) is 22.5 Å². The molecular weight excluding hydrogens is 301 g/mol. The minimum absolute atomic E-state index is 0.332. The summed E-state index contributed by atoms with van der Waals surface area (Å²) in [6.07, 6.45) is -0.233. The molecule has 1 aliphatic rings. The predicted molar refractivity (Wildman–Crippen MR) is 82.2 cm³/mol. The molecule has 0 spiro atoms. The molecule has 1 fully saturated rings. The number of ether oxygens (including phenoxy) is 1. The van der Waals surface area contributed by atoms with E-state index in [1.165, 1.54) is 13.2 Å². The largest absolute Gasteiger partial charge is 0.468 e. The maximum Gasteiger partial charge on any atom is 0.323 e. The highest BCUT2D eigenvalue weighted by molar-refractivity contribution is 5.77. The van der Waals surface area contributed by atoms with Crippen LogP contribution in [0.15, 0.2) is 18.2 Å². The number of fused-ring (bicyclic) bond motifs is 1. The Balaban J connectivity index is 1.94. The SMILES string of the molecule is CCn1c(CN2C[C@@H](O)C[C@H]2C(=O)OC)nc2c(F)cccc21. The van der Waals surface area contributed by atoms with Crippen molar-refractivity contribution in [2.45, 2.75) is 38.6 Å². The molecule has 0 bridgehead atoms. The number of hydrogen-bond acceptors (Lipinski definition) is 5. The van der Waals surface area contributed by atoms with Crippen molar-refractivity contribution in [3.63, 3.8) is 0 Å². The number of esters is 1. The van der Waals surface area contributed by atoms with Gasteiger partial charge in [0.05, 0.1) is 25.3 Å². The fraction of sp³-hybridized carbons (Fsp3) is 0.500. The number of carbonyl (C=O) groups is 1. The molecule has 0 radical (unpaired) electrons. The molecule has 2 atom stereocenters. The van der Waals surface area contributed by atoms with Gasteiger partial charge in [0.25, 0.3) is 0 Å². The Morgan fingerprint density at radius 3 is 3.00 bits per heavy atom. The summed E-state index contributed by atoms with van der Waals surface area (Å²) < 4.78 is 20.7. The minimum atomic E-state index is -0.574. The van der Waals surface area contributed by atoms with Crippen LogP contribution in [0.5, 0.6) is 0 Å². The number of halogens is 1. The Labute approximate surface area is 133 Å². The fourth-order valence-corrected chi connectivity index (χ4v) is 3.25. The molecule has 3 rings (SSSR count). The van der Waals surface area contributed by atoms with Gasteiger partial charge in [-0.3, -0.25) is 9.69 Å². The second kappa shape index (κ2) is 6.25. The zero-order valence-corrected chi connectivity index (χ0v) is 13.2. The van der Waals surface area contributed by atoms with Gasteiger partial charge in [-0.2, -0.15) is 0 Å². The third-order valence-corrected chi connectivity index (χ3v) is 4.32. The number of aliphatic hydroxyl groups is 1. The summed E-state index contributed by atoms with van der Waals surface area (Å²) in [6.45, 7) is 3.34. The highest BCUT2D eigenvalue weighted by Gasteiger charge is 2.37. The Bertz CT molecular complexity index is 731. The van der Waals surface area contributed by atoms with Crippen molar-refractivity contribution < 1.29 is 19.0 Å². The van der Waals surface area contributed by atoms with E-state index in [-0.39, 0.29) is 11.8 Å². The summed E-state index contributed by atoms with van der Waals surface area (Å²) in [6, 6.07) is 4.38. The first kappa shape index (κ1) is 15.9. The van der Waals surface area contributed by atoms with Gasteiger partial charge in [-0.05, 0) is 19.1 Å². The molecule has 0 aliphatic carbocycles. The number of likely N-dealkylation sites (tertiary alicyclic amines) is 1. The van der Waals surface area contributed by atoms with Gasteiger partial charge in [-0.1, -0.05) is 6.07 Å². The summed E-state index contributed by atoms with van der Waals surface area (Å²) in [5, 5.41) is 9.87. The number of aliphatic hydroxyl groups excluding tert-OH is 1. The molecule has 1 aromatic heterocycles. The van der Waals surface area contributed by atoms with Crippen molar-refractivity contribution >= 4 is 17.0 Å². The van der Waals surface area contributed by atoms with Crippen LogP contribution in [0.25, 0.3) is 11.0 Å². The van der Waals surface area contributed by atoms with E-state index in [0.29, 0.717) is 37.4 Å². The third-order valence-electron chi connectivity index (χ3n) is 4.32. The van der Waals surface area contributed by atoms with Crippen molar-refractivity contribution in [3.05, 3.63) is 29.8 Å². The molecule has 0 saturated carbocycles. The van der Waals surface area contributed by atoms with Crippen LogP contribution in [0.2, 0.25) is 0 Å². The lowest BCUT2D eigenvalue weighted by molar-refractivity contribution is -0.146. The van der Waals surface area contributed by atoms with Crippen LogP contribution in [0, 0.1) is 5.82 Å². The monoisotopic (exact) mass is 321 g/mol. The Morgan fingerprint density at radius 2 is 2.30 bits per heavy atom. The van der Waals surface area contributed by atoms with Gasteiger partial charge in [0, 0.05) is 19.5 Å². The normalized spacial score (nSPS) is 21.9. The van der Waals surface area contributed by atoms with Gasteiger partial charge in [0.2, 0.25) is 0 Å². The van der Waals surface area contributed by atoms with Crippen LogP contribution in [0.3, 0.4) is 0 Å². The smallest absolute Gasteiger partial charge is 0.323 e. The van der Waals surface area contributed by atoms with E-state index in [1.54, 1.807) is 6.07 Å². The number of aromatic nitrogens is 2. The molecule has 2 heterocycles. The lowest BCUT2D eigenvalue weighted by atomic mass is 10.2. The molecule has 1 N–H and O–H groups in total. The number of aryl methyl sites for hydroxylation is 1. The summed E-state index contributed by atoms with van der Waals surface area (Å²) in [5.41, 5.74) is 1.07. The van der Waals surface area contributed by atoms with Crippen LogP contribution >= 0.6 is 0 Å². The van der Waals surface area contributed by atoms with E-state index in [9.17, 15) is 14.3 Å². The third kappa shape index (κ3) is 2.82. The minimum Gasteiger partial charge on any atom is -0.468 e. The van der Waals surface area contributed by atoms with Crippen LogP contribution in [0.4, 0.5) is 4.39 Å². The highest BCUT2D eigenvalue weighted by Crippen LogP contribution is 2.24. The summed E-state index contributed by atoms with van der Waals surface area (Å²) in [7, 11) is 1.34.